The molecule has 2 amide bonds. The van der Waals surface area contributed by atoms with E-state index >= 15 is 0 Å². The number of rotatable bonds is 4. The first-order valence-electron chi connectivity index (χ1n) is 9.22. The zero-order valence-electron chi connectivity index (χ0n) is 15.2. The molecular formula is C20H25N3O2S. The Balaban J connectivity index is 1.24. The van der Waals surface area contributed by atoms with Gasteiger partial charge in [0, 0.05) is 48.9 Å². The van der Waals surface area contributed by atoms with Crippen LogP contribution in [0.4, 0.5) is 4.79 Å². The molecule has 1 aromatic carbocycles. The van der Waals surface area contributed by atoms with Crippen LogP contribution < -0.4 is 10.1 Å². The lowest BCUT2D eigenvalue weighted by Crippen LogP contribution is -2.51. The van der Waals surface area contributed by atoms with Crippen LogP contribution in [0.3, 0.4) is 0 Å². The quantitative estimate of drug-likeness (QED) is 0.899. The Morgan fingerprint density at radius 1 is 1.19 bits per heavy atom. The van der Waals surface area contributed by atoms with Crippen LogP contribution in [0.1, 0.15) is 20.9 Å². The van der Waals surface area contributed by atoms with Gasteiger partial charge < -0.3 is 15.0 Å². The summed E-state index contributed by atoms with van der Waals surface area (Å²) in [5.74, 6) is 1.04. The largest absolute Gasteiger partial charge is 0.493 e. The SMILES string of the molecule is Cc1ccc(CNC(=O)N2CCN(Cc3ccc4c(c3)CCO4)CC2)s1. The predicted molar refractivity (Wildman–Crippen MR) is 104 cm³/mol. The van der Waals surface area contributed by atoms with Gasteiger partial charge in [0.2, 0.25) is 0 Å². The molecule has 0 aliphatic carbocycles. The van der Waals surface area contributed by atoms with Crippen molar-refractivity contribution in [3.8, 4) is 5.75 Å². The fourth-order valence-corrected chi connectivity index (χ4v) is 4.39. The Hall–Kier alpha value is -2.05. The number of benzene rings is 1. The molecule has 0 atom stereocenters. The average molecular weight is 372 g/mol. The van der Waals surface area contributed by atoms with E-state index in [1.54, 1.807) is 11.3 Å². The maximum absolute atomic E-state index is 12.4. The number of thiophene rings is 1. The number of hydrogen-bond donors (Lipinski definition) is 1. The van der Waals surface area contributed by atoms with Gasteiger partial charge in [-0.25, -0.2) is 4.79 Å². The van der Waals surface area contributed by atoms with Gasteiger partial charge in [-0.3, -0.25) is 4.90 Å². The van der Waals surface area contributed by atoms with E-state index in [0.717, 1.165) is 51.5 Å². The molecule has 1 N–H and O–H groups in total. The molecule has 0 bridgehead atoms. The van der Waals surface area contributed by atoms with Crippen LogP contribution in [0.25, 0.3) is 0 Å². The summed E-state index contributed by atoms with van der Waals surface area (Å²) in [5.41, 5.74) is 2.66. The third-order valence-electron chi connectivity index (χ3n) is 5.03. The van der Waals surface area contributed by atoms with E-state index in [4.69, 9.17) is 4.74 Å². The van der Waals surface area contributed by atoms with Crippen LogP contribution in [0.5, 0.6) is 5.75 Å². The molecule has 138 valence electrons. The molecular weight excluding hydrogens is 346 g/mol. The van der Waals surface area contributed by atoms with Gasteiger partial charge in [-0.1, -0.05) is 12.1 Å². The summed E-state index contributed by atoms with van der Waals surface area (Å²) in [4.78, 5) is 19.2. The van der Waals surface area contributed by atoms with Gasteiger partial charge in [0.05, 0.1) is 13.2 Å². The first-order chi connectivity index (χ1) is 12.7. The molecule has 26 heavy (non-hydrogen) atoms. The highest BCUT2D eigenvalue weighted by Crippen LogP contribution is 2.26. The summed E-state index contributed by atoms with van der Waals surface area (Å²) in [6, 6.07) is 10.7. The Kier molecular flexibility index (Phi) is 5.13. The number of ether oxygens (including phenoxy) is 1. The molecule has 6 heteroatoms. The van der Waals surface area contributed by atoms with Gasteiger partial charge in [-0.15, -0.1) is 11.3 Å². The third kappa shape index (κ3) is 4.02. The molecule has 4 rings (SSSR count). The van der Waals surface area contributed by atoms with Crippen LogP contribution in [0.15, 0.2) is 30.3 Å². The predicted octanol–water partition coefficient (Wildman–Crippen LogP) is 3.02. The number of amides is 2. The lowest BCUT2D eigenvalue weighted by Gasteiger charge is -2.34. The van der Waals surface area contributed by atoms with E-state index in [-0.39, 0.29) is 6.03 Å². The minimum Gasteiger partial charge on any atom is -0.493 e. The molecule has 3 heterocycles. The lowest BCUT2D eigenvalue weighted by atomic mass is 10.1. The van der Waals surface area contributed by atoms with E-state index in [9.17, 15) is 4.79 Å². The third-order valence-corrected chi connectivity index (χ3v) is 6.03. The van der Waals surface area contributed by atoms with Crippen molar-refractivity contribution in [2.75, 3.05) is 32.8 Å². The molecule has 2 aliphatic rings. The second kappa shape index (κ2) is 7.68. The molecule has 0 spiro atoms. The van der Waals surface area contributed by atoms with E-state index in [2.05, 4.69) is 47.5 Å². The summed E-state index contributed by atoms with van der Waals surface area (Å²) in [6.45, 7) is 7.84. The number of urea groups is 1. The standard InChI is InChI=1S/C20H25N3O2S/c1-15-2-4-18(26-15)13-21-20(24)23-9-7-22(8-10-23)14-16-3-5-19-17(12-16)6-11-25-19/h2-5,12H,6-11,13-14H2,1H3,(H,21,24). The maximum atomic E-state index is 12.4. The number of piperazine rings is 1. The van der Waals surface area contributed by atoms with E-state index in [1.807, 2.05) is 4.90 Å². The number of aryl methyl sites for hydroxylation is 1. The van der Waals surface area contributed by atoms with Crippen molar-refractivity contribution in [2.24, 2.45) is 0 Å². The second-order valence-corrected chi connectivity index (χ2v) is 8.35. The number of nitrogens with one attached hydrogen (secondary N) is 1. The summed E-state index contributed by atoms with van der Waals surface area (Å²) in [6.07, 6.45) is 1.01. The molecule has 1 fully saturated rings. The summed E-state index contributed by atoms with van der Waals surface area (Å²) >= 11 is 1.74. The summed E-state index contributed by atoms with van der Waals surface area (Å²) in [7, 11) is 0. The molecule has 2 aromatic rings. The van der Waals surface area contributed by atoms with Crippen LogP contribution in [0.2, 0.25) is 0 Å². The van der Waals surface area contributed by atoms with Crippen molar-refractivity contribution in [3.63, 3.8) is 0 Å². The average Bonchev–Trinajstić information content (AvgIpc) is 3.28. The number of carbonyl (C=O) groups excluding carboxylic acids is 1. The molecule has 0 radical (unpaired) electrons. The van der Waals surface area contributed by atoms with Crippen molar-refractivity contribution >= 4 is 17.4 Å². The number of nitrogens with zero attached hydrogens (tertiary/aromatic N) is 2. The fourth-order valence-electron chi connectivity index (χ4n) is 3.56. The zero-order valence-corrected chi connectivity index (χ0v) is 16.0. The van der Waals surface area contributed by atoms with Crippen LogP contribution >= 0.6 is 11.3 Å². The Morgan fingerprint density at radius 3 is 2.81 bits per heavy atom. The van der Waals surface area contributed by atoms with E-state index in [0.29, 0.717) is 6.54 Å². The monoisotopic (exact) mass is 371 g/mol. The van der Waals surface area contributed by atoms with Crippen molar-refractivity contribution in [2.45, 2.75) is 26.4 Å². The van der Waals surface area contributed by atoms with Gasteiger partial charge in [0.25, 0.3) is 0 Å². The zero-order chi connectivity index (χ0) is 17.9. The molecule has 1 aromatic heterocycles. The first-order valence-corrected chi connectivity index (χ1v) is 10.0. The number of hydrogen-bond acceptors (Lipinski definition) is 4. The second-order valence-electron chi connectivity index (χ2n) is 6.97. The maximum Gasteiger partial charge on any atom is 0.317 e. The number of fused-ring (bicyclic) bond motifs is 1. The Labute approximate surface area is 158 Å². The van der Waals surface area contributed by atoms with E-state index < -0.39 is 0 Å². The van der Waals surface area contributed by atoms with Gasteiger partial charge >= 0.3 is 6.03 Å². The molecule has 2 aliphatic heterocycles. The molecule has 0 unspecified atom stereocenters. The Bertz CT molecular complexity index is 781. The molecule has 1 saturated heterocycles. The molecule has 0 saturated carbocycles. The van der Waals surface area contributed by atoms with Crippen molar-refractivity contribution in [3.05, 3.63) is 51.2 Å². The van der Waals surface area contributed by atoms with Gasteiger partial charge in [0.1, 0.15) is 5.75 Å². The van der Waals surface area contributed by atoms with Crippen LogP contribution in [0, 0.1) is 6.92 Å². The van der Waals surface area contributed by atoms with Gasteiger partial charge in [-0.05, 0) is 36.2 Å². The highest BCUT2D eigenvalue weighted by molar-refractivity contribution is 7.11. The minimum absolute atomic E-state index is 0.0467. The fraction of sp³-hybridized carbons (Fsp3) is 0.450. The summed E-state index contributed by atoms with van der Waals surface area (Å²) in [5, 5.41) is 3.04. The van der Waals surface area contributed by atoms with Crippen molar-refractivity contribution in [1.82, 2.24) is 15.1 Å². The van der Waals surface area contributed by atoms with Crippen molar-refractivity contribution in [1.29, 1.82) is 0 Å². The highest BCUT2D eigenvalue weighted by Gasteiger charge is 2.21. The van der Waals surface area contributed by atoms with Crippen LogP contribution in [-0.4, -0.2) is 48.6 Å². The molecule has 5 nitrogen and oxygen atoms in total. The number of carbonyl (C=O) groups is 1. The smallest absolute Gasteiger partial charge is 0.317 e. The van der Waals surface area contributed by atoms with Crippen molar-refractivity contribution < 1.29 is 9.53 Å². The van der Waals surface area contributed by atoms with Crippen LogP contribution in [-0.2, 0) is 19.5 Å². The summed E-state index contributed by atoms with van der Waals surface area (Å²) < 4.78 is 5.58. The lowest BCUT2D eigenvalue weighted by molar-refractivity contribution is 0.135. The topological polar surface area (TPSA) is 44.8 Å². The van der Waals surface area contributed by atoms with E-state index in [1.165, 1.54) is 20.9 Å². The normalized spacial score (nSPS) is 17.0. The van der Waals surface area contributed by atoms with Gasteiger partial charge in [-0.2, -0.15) is 0 Å². The first kappa shape index (κ1) is 17.4. The van der Waals surface area contributed by atoms with Gasteiger partial charge in [0.15, 0.2) is 0 Å². The highest BCUT2D eigenvalue weighted by atomic mass is 32.1. The minimum atomic E-state index is 0.0467. The Morgan fingerprint density at radius 2 is 2.04 bits per heavy atom.